The van der Waals surface area contributed by atoms with Crippen molar-refractivity contribution in [2.45, 2.75) is 45.8 Å². The molecule has 1 fully saturated rings. The quantitative estimate of drug-likeness (QED) is 0.434. The monoisotopic (exact) mass is 427 g/mol. The summed E-state index contributed by atoms with van der Waals surface area (Å²) in [5.41, 5.74) is 5.82. The molecule has 4 aromatic rings. The number of aromatic nitrogens is 4. The zero-order chi connectivity index (χ0) is 21.9. The highest BCUT2D eigenvalue weighted by molar-refractivity contribution is 5.86. The van der Waals surface area contributed by atoms with E-state index in [1.54, 1.807) is 6.33 Å². The molecule has 0 spiro atoms. The molecule has 5 rings (SSSR count). The molecule has 1 aliphatic heterocycles. The molecule has 6 heteroatoms. The maximum Gasteiger partial charge on any atom is 0.226 e. The lowest BCUT2D eigenvalue weighted by molar-refractivity contribution is 0.164. The minimum absolute atomic E-state index is 0.382. The molecule has 0 saturated carbocycles. The SMILES string of the molecule is Cc1c(C)n(Cc2ccccc2)c2ncnc(OCC3CCCN3Cc3cccnc3)c12. The first-order chi connectivity index (χ1) is 15.7. The highest BCUT2D eigenvalue weighted by Gasteiger charge is 2.26. The normalized spacial score (nSPS) is 16.6. The van der Waals surface area contributed by atoms with Crippen molar-refractivity contribution in [3.63, 3.8) is 0 Å². The average molecular weight is 428 g/mol. The van der Waals surface area contributed by atoms with Crippen molar-refractivity contribution in [1.29, 1.82) is 0 Å². The summed E-state index contributed by atoms with van der Waals surface area (Å²) in [6, 6.07) is 15.0. The fourth-order valence-corrected chi connectivity index (χ4v) is 4.70. The van der Waals surface area contributed by atoms with Crippen LogP contribution in [0.3, 0.4) is 0 Å². The van der Waals surface area contributed by atoms with Crippen molar-refractivity contribution in [1.82, 2.24) is 24.4 Å². The molecule has 164 valence electrons. The molecule has 1 aliphatic rings. The van der Waals surface area contributed by atoms with E-state index in [1.807, 2.05) is 24.5 Å². The van der Waals surface area contributed by atoms with Gasteiger partial charge in [-0.05, 0) is 56.0 Å². The second-order valence-electron chi connectivity index (χ2n) is 8.60. The smallest absolute Gasteiger partial charge is 0.226 e. The number of aryl methyl sites for hydroxylation is 1. The lowest BCUT2D eigenvalue weighted by atomic mass is 10.2. The van der Waals surface area contributed by atoms with Crippen LogP contribution < -0.4 is 4.74 Å². The Morgan fingerprint density at radius 1 is 1.00 bits per heavy atom. The van der Waals surface area contributed by atoms with Crippen LogP contribution in [-0.4, -0.2) is 43.6 Å². The molecule has 32 heavy (non-hydrogen) atoms. The van der Waals surface area contributed by atoms with Crippen molar-refractivity contribution in [2.24, 2.45) is 0 Å². The molecular formula is C26H29N5O. The Hall–Kier alpha value is -3.25. The third-order valence-corrected chi connectivity index (χ3v) is 6.57. The van der Waals surface area contributed by atoms with Gasteiger partial charge in [-0.15, -0.1) is 0 Å². The fraction of sp³-hybridized carbons (Fsp3) is 0.346. The van der Waals surface area contributed by atoms with Gasteiger partial charge >= 0.3 is 0 Å². The minimum atomic E-state index is 0.382. The van der Waals surface area contributed by atoms with E-state index in [0.717, 1.165) is 37.1 Å². The van der Waals surface area contributed by atoms with E-state index in [2.05, 4.69) is 68.6 Å². The summed E-state index contributed by atoms with van der Waals surface area (Å²) in [6.45, 7) is 7.71. The molecule has 1 saturated heterocycles. The third kappa shape index (κ3) is 4.10. The maximum absolute atomic E-state index is 6.35. The van der Waals surface area contributed by atoms with E-state index in [-0.39, 0.29) is 0 Å². The number of pyridine rings is 1. The summed E-state index contributed by atoms with van der Waals surface area (Å²) in [5, 5.41) is 1.03. The van der Waals surface area contributed by atoms with Crippen molar-refractivity contribution < 1.29 is 4.74 Å². The molecule has 0 aliphatic carbocycles. The average Bonchev–Trinajstić information content (AvgIpc) is 3.37. The van der Waals surface area contributed by atoms with E-state index in [0.29, 0.717) is 18.5 Å². The third-order valence-electron chi connectivity index (χ3n) is 6.57. The largest absolute Gasteiger partial charge is 0.475 e. The molecule has 4 heterocycles. The second kappa shape index (κ2) is 9.09. The first-order valence-electron chi connectivity index (χ1n) is 11.3. The Labute approximate surface area is 188 Å². The van der Waals surface area contributed by atoms with Gasteiger partial charge < -0.3 is 9.30 Å². The summed E-state index contributed by atoms with van der Waals surface area (Å²) in [5.74, 6) is 0.690. The number of nitrogens with zero attached hydrogens (tertiary/aromatic N) is 5. The Kier molecular flexibility index (Phi) is 5.86. The van der Waals surface area contributed by atoms with Gasteiger partial charge in [-0.25, -0.2) is 9.97 Å². The Balaban J connectivity index is 1.36. The van der Waals surface area contributed by atoms with Gasteiger partial charge in [-0.1, -0.05) is 36.4 Å². The van der Waals surface area contributed by atoms with Gasteiger partial charge in [0.2, 0.25) is 5.88 Å². The van der Waals surface area contributed by atoms with Crippen LogP contribution in [0.15, 0.2) is 61.2 Å². The first kappa shape index (κ1) is 20.6. The number of fused-ring (bicyclic) bond motifs is 1. The van der Waals surface area contributed by atoms with Gasteiger partial charge in [0.05, 0.1) is 5.39 Å². The first-order valence-corrected chi connectivity index (χ1v) is 11.3. The second-order valence-corrected chi connectivity index (χ2v) is 8.60. The molecule has 6 nitrogen and oxygen atoms in total. The van der Waals surface area contributed by atoms with Gasteiger partial charge in [-0.2, -0.15) is 0 Å². The number of hydrogen-bond donors (Lipinski definition) is 0. The Morgan fingerprint density at radius 2 is 1.84 bits per heavy atom. The van der Waals surface area contributed by atoms with E-state index in [9.17, 15) is 0 Å². The summed E-state index contributed by atoms with van der Waals surface area (Å²) in [6.07, 6.45) is 7.73. The topological polar surface area (TPSA) is 56.1 Å². The fourth-order valence-electron chi connectivity index (χ4n) is 4.70. The lowest BCUT2D eigenvalue weighted by Gasteiger charge is -2.24. The summed E-state index contributed by atoms with van der Waals surface area (Å²) >= 11 is 0. The van der Waals surface area contributed by atoms with Crippen molar-refractivity contribution >= 4 is 11.0 Å². The Bertz CT molecular complexity index is 1190. The number of hydrogen-bond acceptors (Lipinski definition) is 5. The molecule has 0 bridgehead atoms. The summed E-state index contributed by atoms with van der Waals surface area (Å²) in [4.78, 5) is 15.9. The molecule has 0 amide bonds. The molecule has 3 aromatic heterocycles. The predicted molar refractivity (Wildman–Crippen MR) is 126 cm³/mol. The van der Waals surface area contributed by atoms with Crippen molar-refractivity contribution in [3.05, 3.63) is 83.6 Å². The minimum Gasteiger partial charge on any atom is -0.475 e. The molecule has 0 radical (unpaired) electrons. The lowest BCUT2D eigenvalue weighted by Crippen LogP contribution is -2.33. The zero-order valence-corrected chi connectivity index (χ0v) is 18.7. The highest BCUT2D eigenvalue weighted by atomic mass is 16.5. The van der Waals surface area contributed by atoms with Gasteiger partial charge in [0, 0.05) is 37.2 Å². The number of benzene rings is 1. The number of ether oxygens (including phenoxy) is 1. The van der Waals surface area contributed by atoms with Gasteiger partial charge in [0.25, 0.3) is 0 Å². The van der Waals surface area contributed by atoms with Gasteiger partial charge in [-0.3, -0.25) is 9.88 Å². The molecule has 1 atom stereocenters. The molecule has 1 unspecified atom stereocenters. The Morgan fingerprint density at radius 3 is 2.66 bits per heavy atom. The van der Waals surface area contributed by atoms with Crippen LogP contribution in [0.1, 0.15) is 35.2 Å². The zero-order valence-electron chi connectivity index (χ0n) is 18.7. The standard InChI is InChI=1S/C26H29N5O/c1-19-20(2)31(16-21-8-4-3-5-9-21)25-24(19)26(29-18-28-25)32-17-23-11-7-13-30(23)15-22-10-6-12-27-14-22/h3-6,8-10,12,14,18,23H,7,11,13,15-17H2,1-2H3. The molecular weight excluding hydrogens is 398 g/mol. The maximum atomic E-state index is 6.35. The van der Waals surface area contributed by atoms with Crippen LogP contribution in [0, 0.1) is 13.8 Å². The van der Waals surface area contributed by atoms with Gasteiger partial charge in [0.1, 0.15) is 18.6 Å². The van der Waals surface area contributed by atoms with E-state index in [1.165, 1.54) is 28.8 Å². The van der Waals surface area contributed by atoms with Crippen LogP contribution in [0.5, 0.6) is 5.88 Å². The summed E-state index contributed by atoms with van der Waals surface area (Å²) < 4.78 is 8.61. The predicted octanol–water partition coefficient (Wildman–Crippen LogP) is 4.53. The molecule has 0 N–H and O–H groups in total. The van der Waals surface area contributed by atoms with E-state index < -0.39 is 0 Å². The van der Waals surface area contributed by atoms with Crippen LogP contribution in [0.25, 0.3) is 11.0 Å². The molecule has 1 aromatic carbocycles. The van der Waals surface area contributed by atoms with E-state index >= 15 is 0 Å². The van der Waals surface area contributed by atoms with Gasteiger partial charge in [0.15, 0.2) is 0 Å². The van der Waals surface area contributed by atoms with Crippen molar-refractivity contribution in [2.75, 3.05) is 13.2 Å². The summed E-state index contributed by atoms with van der Waals surface area (Å²) in [7, 11) is 0. The van der Waals surface area contributed by atoms with Crippen molar-refractivity contribution in [3.8, 4) is 5.88 Å². The number of likely N-dealkylation sites (tertiary alicyclic amines) is 1. The van der Waals surface area contributed by atoms with Crippen LogP contribution in [0.2, 0.25) is 0 Å². The number of rotatable bonds is 7. The van der Waals surface area contributed by atoms with E-state index in [4.69, 9.17) is 4.74 Å². The van der Waals surface area contributed by atoms with Crippen LogP contribution >= 0.6 is 0 Å². The van der Waals surface area contributed by atoms with Crippen LogP contribution in [0.4, 0.5) is 0 Å². The highest BCUT2D eigenvalue weighted by Crippen LogP contribution is 2.31. The van der Waals surface area contributed by atoms with Crippen LogP contribution in [-0.2, 0) is 13.1 Å².